The van der Waals surface area contributed by atoms with E-state index < -0.39 is 0 Å². The van der Waals surface area contributed by atoms with Crippen LogP contribution in [0.4, 0.5) is 5.69 Å². The second-order valence-electron chi connectivity index (χ2n) is 5.15. The lowest BCUT2D eigenvalue weighted by atomic mass is 10.2. The van der Waals surface area contributed by atoms with E-state index in [9.17, 15) is 4.79 Å². The first-order chi connectivity index (χ1) is 11.2. The SMILES string of the molecule is CCCOc1ccc(CNc2cccc(C(=O)OCC)c2)cc1. The van der Waals surface area contributed by atoms with Crippen molar-refractivity contribution in [1.29, 1.82) is 0 Å². The van der Waals surface area contributed by atoms with Gasteiger partial charge in [0.05, 0.1) is 18.8 Å². The number of esters is 1. The van der Waals surface area contributed by atoms with E-state index in [1.54, 1.807) is 19.1 Å². The first-order valence-corrected chi connectivity index (χ1v) is 7.95. The Balaban J connectivity index is 1.92. The van der Waals surface area contributed by atoms with Gasteiger partial charge >= 0.3 is 5.97 Å². The van der Waals surface area contributed by atoms with E-state index in [2.05, 4.69) is 12.2 Å². The molecule has 4 heteroatoms. The van der Waals surface area contributed by atoms with Gasteiger partial charge in [-0.25, -0.2) is 4.79 Å². The molecule has 1 N–H and O–H groups in total. The van der Waals surface area contributed by atoms with Crippen LogP contribution in [0.25, 0.3) is 0 Å². The molecule has 0 aliphatic rings. The first-order valence-electron chi connectivity index (χ1n) is 7.95. The Morgan fingerprint density at radius 3 is 2.57 bits per heavy atom. The highest BCUT2D eigenvalue weighted by atomic mass is 16.5. The summed E-state index contributed by atoms with van der Waals surface area (Å²) in [5.74, 6) is 0.591. The third-order valence-corrected chi connectivity index (χ3v) is 3.27. The van der Waals surface area contributed by atoms with E-state index in [4.69, 9.17) is 9.47 Å². The molecule has 0 spiro atoms. The highest BCUT2D eigenvalue weighted by Crippen LogP contribution is 2.16. The summed E-state index contributed by atoms with van der Waals surface area (Å²) in [6, 6.07) is 15.3. The number of hydrogen-bond donors (Lipinski definition) is 1. The minimum atomic E-state index is -0.298. The van der Waals surface area contributed by atoms with E-state index in [0.717, 1.165) is 30.0 Å². The first kappa shape index (κ1) is 16.9. The van der Waals surface area contributed by atoms with E-state index in [1.807, 2.05) is 36.4 Å². The molecule has 0 fully saturated rings. The van der Waals surface area contributed by atoms with Crippen molar-refractivity contribution in [3.05, 3.63) is 59.7 Å². The Hall–Kier alpha value is -2.49. The molecule has 0 aliphatic carbocycles. The van der Waals surface area contributed by atoms with Gasteiger partial charge in [0, 0.05) is 12.2 Å². The van der Waals surface area contributed by atoms with Gasteiger partial charge < -0.3 is 14.8 Å². The van der Waals surface area contributed by atoms with Crippen LogP contribution in [-0.2, 0) is 11.3 Å². The highest BCUT2D eigenvalue weighted by Gasteiger charge is 2.06. The maximum atomic E-state index is 11.7. The maximum absolute atomic E-state index is 11.7. The quantitative estimate of drug-likeness (QED) is 0.740. The number of hydrogen-bond acceptors (Lipinski definition) is 4. The van der Waals surface area contributed by atoms with Crippen molar-refractivity contribution in [1.82, 2.24) is 0 Å². The smallest absolute Gasteiger partial charge is 0.338 e. The Bertz CT molecular complexity index is 623. The van der Waals surface area contributed by atoms with E-state index in [0.29, 0.717) is 18.7 Å². The fourth-order valence-electron chi connectivity index (χ4n) is 2.10. The largest absolute Gasteiger partial charge is 0.494 e. The van der Waals surface area contributed by atoms with Crippen molar-refractivity contribution in [3.8, 4) is 5.75 Å². The third-order valence-electron chi connectivity index (χ3n) is 3.27. The lowest BCUT2D eigenvalue weighted by Gasteiger charge is -2.09. The topological polar surface area (TPSA) is 47.6 Å². The predicted molar refractivity (Wildman–Crippen MR) is 92.0 cm³/mol. The fourth-order valence-corrected chi connectivity index (χ4v) is 2.10. The van der Waals surface area contributed by atoms with Crippen molar-refractivity contribution in [3.63, 3.8) is 0 Å². The molecule has 0 saturated carbocycles. The fraction of sp³-hybridized carbons (Fsp3) is 0.316. The predicted octanol–water partition coefficient (Wildman–Crippen LogP) is 4.26. The summed E-state index contributed by atoms with van der Waals surface area (Å²) >= 11 is 0. The van der Waals surface area contributed by atoms with E-state index in [1.165, 1.54) is 0 Å². The van der Waals surface area contributed by atoms with Gasteiger partial charge in [-0.2, -0.15) is 0 Å². The monoisotopic (exact) mass is 313 g/mol. The standard InChI is InChI=1S/C19H23NO3/c1-3-12-23-18-10-8-15(9-11-18)14-20-17-7-5-6-16(13-17)19(21)22-4-2/h5-11,13,20H,3-4,12,14H2,1-2H3. The van der Waals surface area contributed by atoms with Crippen LogP contribution < -0.4 is 10.1 Å². The van der Waals surface area contributed by atoms with Crippen molar-refractivity contribution in [2.45, 2.75) is 26.8 Å². The molecule has 4 nitrogen and oxygen atoms in total. The average molecular weight is 313 g/mol. The molecule has 0 radical (unpaired) electrons. The Labute approximate surface area is 137 Å². The number of benzene rings is 2. The molecule has 2 aromatic carbocycles. The van der Waals surface area contributed by atoms with Crippen LogP contribution in [-0.4, -0.2) is 19.2 Å². The molecule has 2 rings (SSSR count). The van der Waals surface area contributed by atoms with Crippen LogP contribution in [0.15, 0.2) is 48.5 Å². The number of rotatable bonds is 8. The minimum Gasteiger partial charge on any atom is -0.494 e. The van der Waals surface area contributed by atoms with Crippen molar-refractivity contribution >= 4 is 11.7 Å². The molecule has 0 aromatic heterocycles. The van der Waals surface area contributed by atoms with Crippen molar-refractivity contribution in [2.75, 3.05) is 18.5 Å². The van der Waals surface area contributed by atoms with Crippen LogP contribution in [0.2, 0.25) is 0 Å². The molecule has 0 bridgehead atoms. The van der Waals surface area contributed by atoms with Gasteiger partial charge in [0.15, 0.2) is 0 Å². The highest BCUT2D eigenvalue weighted by molar-refractivity contribution is 5.90. The zero-order chi connectivity index (χ0) is 16.5. The number of carbonyl (C=O) groups is 1. The lowest BCUT2D eigenvalue weighted by Crippen LogP contribution is -2.06. The van der Waals surface area contributed by atoms with Gasteiger partial charge in [0.25, 0.3) is 0 Å². The third kappa shape index (κ3) is 5.33. The molecule has 2 aromatic rings. The summed E-state index contributed by atoms with van der Waals surface area (Å²) in [4.78, 5) is 11.7. The van der Waals surface area contributed by atoms with Crippen LogP contribution in [0.1, 0.15) is 36.2 Å². The molecule has 0 amide bonds. The van der Waals surface area contributed by atoms with Gasteiger partial charge in [-0.1, -0.05) is 25.1 Å². The molecule has 0 atom stereocenters. The second kappa shape index (κ2) is 8.83. The summed E-state index contributed by atoms with van der Waals surface area (Å²) < 4.78 is 10.6. The van der Waals surface area contributed by atoms with E-state index in [-0.39, 0.29) is 5.97 Å². The van der Waals surface area contributed by atoms with Crippen LogP contribution in [0.3, 0.4) is 0 Å². The minimum absolute atomic E-state index is 0.298. The van der Waals surface area contributed by atoms with Crippen LogP contribution >= 0.6 is 0 Å². The number of ether oxygens (including phenoxy) is 2. The van der Waals surface area contributed by atoms with Crippen LogP contribution in [0.5, 0.6) is 5.75 Å². The van der Waals surface area contributed by atoms with E-state index >= 15 is 0 Å². The number of anilines is 1. The average Bonchev–Trinajstić information content (AvgIpc) is 2.59. The molecule has 0 unspecified atom stereocenters. The summed E-state index contributed by atoms with van der Waals surface area (Å²) in [5, 5.41) is 3.31. The maximum Gasteiger partial charge on any atom is 0.338 e. The molecule has 23 heavy (non-hydrogen) atoms. The summed E-state index contributed by atoms with van der Waals surface area (Å²) in [5.41, 5.74) is 2.59. The normalized spacial score (nSPS) is 10.2. The molecule has 122 valence electrons. The molecule has 0 aliphatic heterocycles. The lowest BCUT2D eigenvalue weighted by molar-refractivity contribution is 0.0526. The zero-order valence-electron chi connectivity index (χ0n) is 13.7. The van der Waals surface area contributed by atoms with Gasteiger partial charge in [0.2, 0.25) is 0 Å². The summed E-state index contributed by atoms with van der Waals surface area (Å²) in [6.07, 6.45) is 1.00. The van der Waals surface area contributed by atoms with Crippen molar-refractivity contribution < 1.29 is 14.3 Å². The molecule has 0 heterocycles. The number of nitrogens with one attached hydrogen (secondary N) is 1. The zero-order valence-corrected chi connectivity index (χ0v) is 13.7. The Morgan fingerprint density at radius 2 is 1.87 bits per heavy atom. The molecule has 0 saturated heterocycles. The van der Waals surface area contributed by atoms with Gasteiger partial charge in [0.1, 0.15) is 5.75 Å². The molecular weight excluding hydrogens is 290 g/mol. The number of carbonyl (C=O) groups excluding carboxylic acids is 1. The van der Waals surface area contributed by atoms with Crippen LogP contribution in [0, 0.1) is 0 Å². The summed E-state index contributed by atoms with van der Waals surface area (Å²) in [6.45, 7) is 5.68. The van der Waals surface area contributed by atoms with Gasteiger partial charge in [-0.3, -0.25) is 0 Å². The summed E-state index contributed by atoms with van der Waals surface area (Å²) in [7, 11) is 0. The van der Waals surface area contributed by atoms with Gasteiger partial charge in [-0.15, -0.1) is 0 Å². The van der Waals surface area contributed by atoms with Crippen molar-refractivity contribution in [2.24, 2.45) is 0 Å². The van der Waals surface area contributed by atoms with Gasteiger partial charge in [-0.05, 0) is 49.2 Å². The Kier molecular flexibility index (Phi) is 6.48. The Morgan fingerprint density at radius 1 is 1.09 bits per heavy atom. The molecular formula is C19H23NO3. The second-order valence-corrected chi connectivity index (χ2v) is 5.15.